The van der Waals surface area contributed by atoms with E-state index < -0.39 is 17.9 Å². The number of rotatable bonds is 5. The minimum atomic E-state index is -1.19. The number of carboxylic acid groups (broad SMARTS) is 1. The summed E-state index contributed by atoms with van der Waals surface area (Å²) < 4.78 is 0. The zero-order valence-corrected chi connectivity index (χ0v) is 11.6. The molecule has 104 valence electrons. The van der Waals surface area contributed by atoms with Gasteiger partial charge in [0.2, 0.25) is 5.91 Å². The van der Waals surface area contributed by atoms with Crippen LogP contribution in [-0.4, -0.2) is 40.0 Å². The maximum atomic E-state index is 11.7. The van der Waals surface area contributed by atoms with Crippen molar-refractivity contribution in [2.45, 2.75) is 32.9 Å². The average Bonchev–Trinajstić information content (AvgIpc) is 2.77. The van der Waals surface area contributed by atoms with Gasteiger partial charge < -0.3 is 15.7 Å². The van der Waals surface area contributed by atoms with Crippen LogP contribution in [0.25, 0.3) is 0 Å². The number of aromatic nitrogens is 1. The van der Waals surface area contributed by atoms with Gasteiger partial charge in [-0.25, -0.2) is 9.78 Å². The first-order chi connectivity index (χ1) is 8.81. The molecule has 0 aliphatic carbocycles. The molecule has 0 radical (unpaired) electrons. The van der Waals surface area contributed by atoms with Crippen molar-refractivity contribution in [3.63, 3.8) is 0 Å². The van der Waals surface area contributed by atoms with E-state index in [-0.39, 0.29) is 22.7 Å². The van der Waals surface area contributed by atoms with Crippen molar-refractivity contribution in [3.05, 3.63) is 16.1 Å². The van der Waals surface area contributed by atoms with E-state index in [1.165, 1.54) is 5.38 Å². The zero-order chi connectivity index (χ0) is 14.6. The first-order valence-corrected chi connectivity index (χ1v) is 6.49. The summed E-state index contributed by atoms with van der Waals surface area (Å²) >= 11 is 0.918. The number of thiazole rings is 1. The van der Waals surface area contributed by atoms with Gasteiger partial charge in [0.15, 0.2) is 10.7 Å². The smallest absolute Gasteiger partial charge is 0.355 e. The van der Waals surface area contributed by atoms with Gasteiger partial charge in [-0.2, -0.15) is 0 Å². The molecule has 0 bridgehead atoms. The molecular weight excluding hydrogens is 270 g/mol. The Kier molecular flexibility index (Phi) is 4.99. The van der Waals surface area contributed by atoms with Crippen LogP contribution in [0.5, 0.6) is 0 Å². The molecule has 1 aromatic rings. The van der Waals surface area contributed by atoms with Crippen LogP contribution in [0.15, 0.2) is 5.38 Å². The summed E-state index contributed by atoms with van der Waals surface area (Å²) in [5, 5.41) is 15.1. The monoisotopic (exact) mass is 285 g/mol. The highest BCUT2D eigenvalue weighted by atomic mass is 32.1. The normalized spacial score (nSPS) is 12.0. The Labute approximate surface area is 114 Å². The van der Waals surface area contributed by atoms with Crippen LogP contribution in [0.3, 0.4) is 0 Å². The summed E-state index contributed by atoms with van der Waals surface area (Å²) in [4.78, 5) is 37.6. The second kappa shape index (κ2) is 6.28. The molecule has 0 saturated carbocycles. The molecule has 7 nitrogen and oxygen atoms in total. The van der Waals surface area contributed by atoms with Crippen molar-refractivity contribution in [3.8, 4) is 0 Å². The van der Waals surface area contributed by atoms with E-state index >= 15 is 0 Å². The Morgan fingerprint density at radius 2 is 1.89 bits per heavy atom. The minimum Gasteiger partial charge on any atom is -0.476 e. The summed E-state index contributed by atoms with van der Waals surface area (Å²) in [5.74, 6) is -2.07. The van der Waals surface area contributed by atoms with E-state index in [1.807, 2.05) is 13.8 Å². The Morgan fingerprint density at radius 3 is 2.37 bits per heavy atom. The molecule has 1 aromatic heterocycles. The molecule has 19 heavy (non-hydrogen) atoms. The lowest BCUT2D eigenvalue weighted by molar-refractivity contribution is -0.123. The fourth-order valence-corrected chi connectivity index (χ4v) is 1.90. The van der Waals surface area contributed by atoms with Gasteiger partial charge in [-0.1, -0.05) is 0 Å². The van der Waals surface area contributed by atoms with Gasteiger partial charge in [0.05, 0.1) is 0 Å². The van der Waals surface area contributed by atoms with Crippen molar-refractivity contribution in [2.24, 2.45) is 0 Å². The van der Waals surface area contributed by atoms with Gasteiger partial charge in [0.25, 0.3) is 5.91 Å². The first kappa shape index (κ1) is 15.1. The van der Waals surface area contributed by atoms with E-state index in [4.69, 9.17) is 5.11 Å². The SMILES string of the molecule is CC(C)NC(=O)C(C)NC(=O)c1nc(C(=O)O)cs1. The van der Waals surface area contributed by atoms with Crippen LogP contribution >= 0.6 is 11.3 Å². The van der Waals surface area contributed by atoms with Gasteiger partial charge in [-0.05, 0) is 20.8 Å². The van der Waals surface area contributed by atoms with Crippen LogP contribution in [0.1, 0.15) is 41.1 Å². The molecular formula is C11H15N3O4S. The lowest BCUT2D eigenvalue weighted by Gasteiger charge is -2.15. The largest absolute Gasteiger partial charge is 0.476 e. The van der Waals surface area contributed by atoms with Crippen molar-refractivity contribution >= 4 is 29.1 Å². The van der Waals surface area contributed by atoms with E-state index in [9.17, 15) is 14.4 Å². The molecule has 1 atom stereocenters. The molecule has 0 aromatic carbocycles. The van der Waals surface area contributed by atoms with Crippen molar-refractivity contribution < 1.29 is 19.5 Å². The summed E-state index contributed by atoms with van der Waals surface area (Å²) in [6.45, 7) is 5.17. The Bertz CT molecular complexity index is 498. The topological polar surface area (TPSA) is 108 Å². The van der Waals surface area contributed by atoms with Gasteiger partial charge >= 0.3 is 5.97 Å². The summed E-state index contributed by atoms with van der Waals surface area (Å²) in [6.07, 6.45) is 0. The summed E-state index contributed by atoms with van der Waals surface area (Å²) in [7, 11) is 0. The minimum absolute atomic E-state index is 0.0154. The number of hydrogen-bond donors (Lipinski definition) is 3. The van der Waals surface area contributed by atoms with Crippen molar-refractivity contribution in [2.75, 3.05) is 0 Å². The van der Waals surface area contributed by atoms with Gasteiger partial charge in [-0.15, -0.1) is 11.3 Å². The highest BCUT2D eigenvalue weighted by Crippen LogP contribution is 2.09. The molecule has 0 aliphatic rings. The summed E-state index contributed by atoms with van der Waals surface area (Å²) in [6, 6.07) is -0.739. The molecule has 0 fully saturated rings. The number of nitrogens with zero attached hydrogens (tertiary/aromatic N) is 1. The molecule has 1 heterocycles. The van der Waals surface area contributed by atoms with Crippen LogP contribution in [0, 0.1) is 0 Å². The Hall–Kier alpha value is -1.96. The molecule has 0 aliphatic heterocycles. The predicted molar refractivity (Wildman–Crippen MR) is 69.3 cm³/mol. The third kappa shape index (κ3) is 4.32. The van der Waals surface area contributed by atoms with E-state index in [0.717, 1.165) is 11.3 Å². The maximum Gasteiger partial charge on any atom is 0.355 e. The standard InChI is InChI=1S/C11H15N3O4S/c1-5(2)12-8(15)6(3)13-9(16)10-14-7(4-19-10)11(17)18/h4-6H,1-3H3,(H,12,15)(H,13,16)(H,17,18). The number of carboxylic acids is 1. The van der Waals surface area contributed by atoms with Crippen LogP contribution in [0.4, 0.5) is 0 Å². The maximum absolute atomic E-state index is 11.7. The van der Waals surface area contributed by atoms with Crippen LogP contribution in [-0.2, 0) is 4.79 Å². The zero-order valence-electron chi connectivity index (χ0n) is 10.8. The number of amides is 2. The number of nitrogens with one attached hydrogen (secondary N) is 2. The number of hydrogen-bond acceptors (Lipinski definition) is 5. The molecule has 3 N–H and O–H groups in total. The van der Waals surface area contributed by atoms with Gasteiger partial charge in [0.1, 0.15) is 6.04 Å². The van der Waals surface area contributed by atoms with Crippen molar-refractivity contribution in [1.29, 1.82) is 0 Å². The third-order valence-electron chi connectivity index (χ3n) is 2.09. The molecule has 8 heteroatoms. The van der Waals surface area contributed by atoms with E-state index in [0.29, 0.717) is 0 Å². The lowest BCUT2D eigenvalue weighted by Crippen LogP contribution is -2.46. The molecule has 0 spiro atoms. The van der Waals surface area contributed by atoms with E-state index in [2.05, 4.69) is 15.6 Å². The lowest BCUT2D eigenvalue weighted by atomic mass is 10.3. The molecule has 1 unspecified atom stereocenters. The second-order valence-corrected chi connectivity index (χ2v) is 5.06. The van der Waals surface area contributed by atoms with Crippen molar-refractivity contribution in [1.82, 2.24) is 15.6 Å². The second-order valence-electron chi connectivity index (χ2n) is 4.20. The number of aromatic carboxylic acids is 1. The quantitative estimate of drug-likeness (QED) is 0.729. The predicted octanol–water partition coefficient (Wildman–Crippen LogP) is 0.484. The number of carbonyl (C=O) groups excluding carboxylic acids is 2. The van der Waals surface area contributed by atoms with Crippen LogP contribution < -0.4 is 10.6 Å². The first-order valence-electron chi connectivity index (χ1n) is 5.61. The Morgan fingerprint density at radius 1 is 1.26 bits per heavy atom. The fraction of sp³-hybridized carbons (Fsp3) is 0.455. The summed E-state index contributed by atoms with van der Waals surface area (Å²) in [5.41, 5.74) is -0.186. The Balaban J connectivity index is 2.63. The average molecular weight is 285 g/mol. The highest BCUT2D eigenvalue weighted by Gasteiger charge is 2.20. The van der Waals surface area contributed by atoms with E-state index in [1.54, 1.807) is 6.92 Å². The molecule has 1 rings (SSSR count). The highest BCUT2D eigenvalue weighted by molar-refractivity contribution is 7.11. The third-order valence-corrected chi connectivity index (χ3v) is 2.93. The fourth-order valence-electron chi connectivity index (χ4n) is 1.21. The van der Waals surface area contributed by atoms with Crippen LogP contribution in [0.2, 0.25) is 0 Å². The van der Waals surface area contributed by atoms with Gasteiger partial charge in [0, 0.05) is 11.4 Å². The molecule has 0 saturated heterocycles. The number of carbonyl (C=O) groups is 3. The van der Waals surface area contributed by atoms with Gasteiger partial charge in [-0.3, -0.25) is 9.59 Å². The molecule has 2 amide bonds.